The van der Waals surface area contributed by atoms with E-state index in [-0.39, 0.29) is 17.4 Å². The van der Waals surface area contributed by atoms with Crippen molar-refractivity contribution < 1.29 is 19.4 Å². The molecule has 1 unspecified atom stereocenters. The van der Waals surface area contributed by atoms with Gasteiger partial charge in [0, 0.05) is 5.56 Å². The van der Waals surface area contributed by atoms with E-state index in [1.54, 1.807) is 26.0 Å². The van der Waals surface area contributed by atoms with Gasteiger partial charge >= 0.3 is 12.0 Å². The number of amides is 2. The normalized spacial score (nSPS) is 16.4. The molecular formula is C24H22N2O4. The smallest absolute Gasteiger partial charge is 0.338 e. The molecule has 0 saturated carbocycles. The first-order valence-corrected chi connectivity index (χ1v) is 9.74. The molecule has 1 aliphatic rings. The molecule has 6 heteroatoms. The molecule has 0 spiro atoms. The summed E-state index contributed by atoms with van der Waals surface area (Å²) in [6, 6.07) is 18.6. The zero-order chi connectivity index (χ0) is 21.3. The van der Waals surface area contributed by atoms with E-state index in [4.69, 9.17) is 4.74 Å². The first-order valence-electron chi connectivity index (χ1n) is 9.74. The van der Waals surface area contributed by atoms with Crippen LogP contribution in [0.3, 0.4) is 0 Å². The second-order valence-corrected chi connectivity index (χ2v) is 7.36. The van der Waals surface area contributed by atoms with Crippen LogP contribution in [0.25, 0.3) is 16.5 Å². The fraction of sp³-hybridized carbons (Fsp3) is 0.167. The number of urea groups is 1. The molecule has 3 N–H and O–H groups in total. The Labute approximate surface area is 174 Å². The number of phenols is 1. The van der Waals surface area contributed by atoms with Gasteiger partial charge in [0.2, 0.25) is 0 Å². The molecule has 0 fully saturated rings. The van der Waals surface area contributed by atoms with Gasteiger partial charge in [0.15, 0.2) is 0 Å². The Hall–Kier alpha value is -3.80. The number of phenolic OH excluding ortho intramolecular Hbond substituents is 1. The van der Waals surface area contributed by atoms with Crippen LogP contribution in [0.1, 0.15) is 31.0 Å². The monoisotopic (exact) mass is 402 g/mol. The molecule has 0 bridgehead atoms. The number of hydrogen-bond acceptors (Lipinski definition) is 4. The summed E-state index contributed by atoms with van der Waals surface area (Å²) in [4.78, 5) is 25.8. The minimum Gasteiger partial charge on any atom is -0.508 e. The Kier molecular flexibility index (Phi) is 5.14. The molecule has 0 aliphatic carbocycles. The quantitative estimate of drug-likeness (QED) is 0.569. The largest absolute Gasteiger partial charge is 0.508 e. The Morgan fingerprint density at radius 1 is 1.00 bits per heavy atom. The van der Waals surface area contributed by atoms with Crippen LogP contribution in [0.5, 0.6) is 5.75 Å². The van der Waals surface area contributed by atoms with E-state index in [0.29, 0.717) is 16.8 Å². The van der Waals surface area contributed by atoms with Crippen molar-refractivity contribution in [3.05, 3.63) is 83.4 Å². The average molecular weight is 402 g/mol. The zero-order valence-corrected chi connectivity index (χ0v) is 16.7. The maximum Gasteiger partial charge on any atom is 0.338 e. The highest BCUT2D eigenvalue weighted by molar-refractivity contribution is 6.06. The molecule has 3 aromatic rings. The third kappa shape index (κ3) is 3.59. The highest BCUT2D eigenvalue weighted by Gasteiger charge is 2.36. The molecule has 30 heavy (non-hydrogen) atoms. The summed E-state index contributed by atoms with van der Waals surface area (Å²) in [6.07, 6.45) is -0.346. The van der Waals surface area contributed by atoms with E-state index in [9.17, 15) is 14.7 Å². The third-order valence-electron chi connectivity index (χ3n) is 4.93. The lowest BCUT2D eigenvalue weighted by molar-refractivity contribution is -0.143. The van der Waals surface area contributed by atoms with Crippen LogP contribution in [0, 0.1) is 0 Å². The van der Waals surface area contributed by atoms with Crippen molar-refractivity contribution in [1.29, 1.82) is 0 Å². The van der Waals surface area contributed by atoms with Crippen molar-refractivity contribution in [2.45, 2.75) is 26.0 Å². The maximum absolute atomic E-state index is 13.2. The van der Waals surface area contributed by atoms with E-state index < -0.39 is 18.0 Å². The minimum atomic E-state index is -0.883. The number of fused-ring (bicyclic) bond motifs is 1. The highest BCUT2D eigenvalue weighted by Crippen LogP contribution is 2.39. The lowest BCUT2D eigenvalue weighted by Crippen LogP contribution is -2.45. The van der Waals surface area contributed by atoms with E-state index in [1.807, 2.05) is 54.6 Å². The van der Waals surface area contributed by atoms with Crippen molar-refractivity contribution in [3.8, 4) is 5.75 Å². The van der Waals surface area contributed by atoms with Gasteiger partial charge in [0.25, 0.3) is 0 Å². The fourth-order valence-corrected chi connectivity index (χ4v) is 3.70. The number of ether oxygens (including phenoxy) is 1. The number of carbonyl (C=O) groups is 2. The van der Waals surface area contributed by atoms with Crippen molar-refractivity contribution in [3.63, 3.8) is 0 Å². The number of hydrogen-bond donors (Lipinski definition) is 3. The first-order chi connectivity index (χ1) is 14.5. The van der Waals surface area contributed by atoms with Crippen molar-refractivity contribution >= 4 is 28.5 Å². The van der Waals surface area contributed by atoms with E-state index in [1.165, 1.54) is 0 Å². The van der Waals surface area contributed by atoms with E-state index in [2.05, 4.69) is 10.6 Å². The summed E-state index contributed by atoms with van der Waals surface area (Å²) in [5.74, 6) is -0.572. The number of nitrogens with one attached hydrogen (secondary N) is 2. The van der Waals surface area contributed by atoms with Crippen molar-refractivity contribution in [1.82, 2.24) is 10.6 Å². The standard InChI is InChI=1S/C24H22N2O4/c1-14(2)30-23(28)20-21(16-9-4-3-5-10-16)25-24(29)26-22(20)19-17-11-7-6-8-15(17)12-13-18(19)27/h3-14,22,27H,1-2H3,(H2,25,26,29). The Morgan fingerprint density at radius 3 is 2.43 bits per heavy atom. The second-order valence-electron chi connectivity index (χ2n) is 7.36. The number of aromatic hydroxyl groups is 1. The van der Waals surface area contributed by atoms with Gasteiger partial charge in [-0.25, -0.2) is 9.59 Å². The van der Waals surface area contributed by atoms with E-state index >= 15 is 0 Å². The summed E-state index contributed by atoms with van der Waals surface area (Å²) in [5, 5.41) is 17.9. The van der Waals surface area contributed by atoms with Gasteiger partial charge in [-0.1, -0.05) is 60.7 Å². The summed E-state index contributed by atoms with van der Waals surface area (Å²) >= 11 is 0. The van der Waals surface area contributed by atoms with E-state index in [0.717, 1.165) is 10.8 Å². The first kappa shape index (κ1) is 19.5. The number of benzene rings is 3. The molecule has 1 heterocycles. The number of rotatable bonds is 4. The maximum atomic E-state index is 13.2. The number of esters is 1. The lowest BCUT2D eigenvalue weighted by atomic mass is 9.89. The van der Waals surface area contributed by atoms with Gasteiger partial charge in [-0.3, -0.25) is 0 Å². The van der Waals surface area contributed by atoms with Crippen molar-refractivity contribution in [2.24, 2.45) is 0 Å². The predicted octanol–water partition coefficient (Wildman–Crippen LogP) is 4.26. The molecule has 0 radical (unpaired) electrons. The van der Waals surface area contributed by atoms with Crippen LogP contribution >= 0.6 is 0 Å². The van der Waals surface area contributed by atoms with Crippen LogP contribution in [-0.2, 0) is 9.53 Å². The van der Waals surface area contributed by atoms with Crippen LogP contribution < -0.4 is 10.6 Å². The van der Waals surface area contributed by atoms with Crippen LogP contribution in [0.15, 0.2) is 72.3 Å². The minimum absolute atomic E-state index is 0.0110. The van der Waals surface area contributed by atoms with Gasteiger partial charge < -0.3 is 20.5 Å². The molecule has 6 nitrogen and oxygen atoms in total. The fourth-order valence-electron chi connectivity index (χ4n) is 3.70. The lowest BCUT2D eigenvalue weighted by Gasteiger charge is -2.31. The molecule has 1 aliphatic heterocycles. The Bertz CT molecular complexity index is 1150. The van der Waals surface area contributed by atoms with Gasteiger partial charge in [-0.15, -0.1) is 0 Å². The predicted molar refractivity (Wildman–Crippen MR) is 115 cm³/mol. The third-order valence-corrected chi connectivity index (χ3v) is 4.93. The SMILES string of the molecule is CC(C)OC(=O)C1=C(c2ccccc2)NC(=O)NC1c1c(O)ccc2ccccc12. The van der Waals surface area contributed by atoms with Crippen LogP contribution in [0.2, 0.25) is 0 Å². The molecule has 0 saturated heterocycles. The molecule has 2 amide bonds. The highest BCUT2D eigenvalue weighted by atomic mass is 16.5. The number of carbonyl (C=O) groups excluding carboxylic acids is 2. The van der Waals surface area contributed by atoms with Crippen LogP contribution in [-0.4, -0.2) is 23.2 Å². The summed E-state index contributed by atoms with van der Waals surface area (Å²) < 4.78 is 5.51. The molecule has 1 atom stereocenters. The van der Waals surface area contributed by atoms with Crippen molar-refractivity contribution in [2.75, 3.05) is 0 Å². The van der Waals surface area contributed by atoms with Gasteiger partial charge in [-0.05, 0) is 36.2 Å². The van der Waals surface area contributed by atoms with Crippen LogP contribution in [0.4, 0.5) is 4.79 Å². The van der Waals surface area contributed by atoms with Gasteiger partial charge in [-0.2, -0.15) is 0 Å². The zero-order valence-electron chi connectivity index (χ0n) is 16.7. The van der Waals surface area contributed by atoms with Gasteiger partial charge in [0.1, 0.15) is 5.75 Å². The molecule has 0 aromatic heterocycles. The summed E-state index contributed by atoms with van der Waals surface area (Å²) in [6.45, 7) is 3.53. The second kappa shape index (κ2) is 7.91. The topological polar surface area (TPSA) is 87.7 Å². The Balaban J connectivity index is 1.99. The molecular weight excluding hydrogens is 380 g/mol. The molecule has 3 aromatic carbocycles. The Morgan fingerprint density at radius 2 is 1.70 bits per heavy atom. The van der Waals surface area contributed by atoms with Gasteiger partial charge in [0.05, 0.1) is 23.4 Å². The molecule has 4 rings (SSSR count). The summed E-state index contributed by atoms with van der Waals surface area (Å²) in [5.41, 5.74) is 1.73. The summed E-state index contributed by atoms with van der Waals surface area (Å²) in [7, 11) is 0. The average Bonchev–Trinajstić information content (AvgIpc) is 2.73. The molecule has 152 valence electrons.